The Bertz CT molecular complexity index is 1090. The van der Waals surface area contributed by atoms with Crippen LogP contribution in [0.3, 0.4) is 0 Å². The van der Waals surface area contributed by atoms with Gasteiger partial charge in [0, 0.05) is 10.9 Å². The normalized spacial score (nSPS) is 13.5. The highest BCUT2D eigenvalue weighted by Gasteiger charge is 2.75. The molecule has 0 bridgehead atoms. The molecule has 0 unspecified atom stereocenters. The van der Waals surface area contributed by atoms with Crippen LogP contribution in [0.2, 0.25) is 0 Å². The number of carbonyl (C=O) groups is 2. The minimum absolute atomic E-state index is 0.00851. The molecule has 0 radical (unpaired) electrons. The van der Waals surface area contributed by atoms with Crippen LogP contribution in [0, 0.1) is 0 Å². The van der Waals surface area contributed by atoms with E-state index in [2.05, 4.69) is 0 Å². The Morgan fingerprint density at radius 3 is 2.03 bits per heavy atom. The van der Waals surface area contributed by atoms with Crippen molar-refractivity contribution < 1.29 is 53.3 Å². The van der Waals surface area contributed by atoms with Gasteiger partial charge in [0.1, 0.15) is 4.90 Å². The Labute approximate surface area is 157 Å². The molecule has 0 aliphatic heterocycles. The Hall–Kier alpha value is -2.54. The number of benzene rings is 2. The first-order valence-corrected chi connectivity index (χ1v) is 8.83. The van der Waals surface area contributed by atoms with E-state index >= 15 is 0 Å². The van der Waals surface area contributed by atoms with E-state index in [1.165, 1.54) is 6.07 Å². The molecule has 0 aliphatic carbocycles. The number of hydrogen-bond acceptors (Lipinski definition) is 4. The molecule has 158 valence electrons. The lowest BCUT2D eigenvalue weighted by Crippen LogP contribution is -2.56. The fourth-order valence-electron chi connectivity index (χ4n) is 2.36. The summed E-state index contributed by atoms with van der Waals surface area (Å²) in [4.78, 5) is 22.7. The molecule has 0 atom stereocenters. The average Bonchev–Trinajstić information content (AvgIpc) is 2.58. The Kier molecular flexibility index (Phi) is 5.54. The van der Waals surface area contributed by atoms with Crippen molar-refractivity contribution in [2.24, 2.45) is 0 Å². The van der Waals surface area contributed by atoms with E-state index in [0.29, 0.717) is 0 Å². The van der Waals surface area contributed by atoms with Gasteiger partial charge in [0.05, 0.1) is 6.42 Å². The minimum atomic E-state index is -6.72. The van der Waals surface area contributed by atoms with Crippen molar-refractivity contribution >= 4 is 32.5 Å². The van der Waals surface area contributed by atoms with Gasteiger partial charge in [0.2, 0.25) is 5.78 Å². The summed E-state index contributed by atoms with van der Waals surface area (Å²) in [6.07, 6.45) is -8.67. The number of ketones is 2. The third-order valence-electron chi connectivity index (χ3n) is 3.86. The molecule has 0 heterocycles. The van der Waals surface area contributed by atoms with E-state index in [-0.39, 0.29) is 10.8 Å². The second-order valence-electron chi connectivity index (χ2n) is 5.84. The zero-order valence-electron chi connectivity index (χ0n) is 13.8. The number of rotatable bonds is 6. The van der Waals surface area contributed by atoms with Gasteiger partial charge in [-0.1, -0.05) is 24.3 Å². The molecule has 2 aromatic carbocycles. The average molecular weight is 446 g/mol. The van der Waals surface area contributed by atoms with E-state index in [0.717, 1.165) is 30.3 Å². The van der Waals surface area contributed by atoms with Gasteiger partial charge >= 0.3 is 18.0 Å². The summed E-state index contributed by atoms with van der Waals surface area (Å²) < 4.78 is 121. The van der Waals surface area contributed by atoms with Crippen LogP contribution in [-0.2, 0) is 14.9 Å². The van der Waals surface area contributed by atoms with Crippen LogP contribution >= 0.6 is 0 Å². The number of hydrogen-bond donors (Lipinski definition) is 1. The molecule has 13 heteroatoms. The van der Waals surface area contributed by atoms with Crippen molar-refractivity contribution in [3.05, 3.63) is 42.0 Å². The first-order chi connectivity index (χ1) is 13.0. The highest BCUT2D eigenvalue weighted by atomic mass is 32.2. The predicted octanol–water partition coefficient (Wildman–Crippen LogP) is 4.06. The number of halogens is 7. The van der Waals surface area contributed by atoms with Crippen LogP contribution in [0.4, 0.5) is 30.7 Å². The van der Waals surface area contributed by atoms with Crippen LogP contribution in [0.25, 0.3) is 10.8 Å². The van der Waals surface area contributed by atoms with Gasteiger partial charge in [0.15, 0.2) is 5.78 Å². The van der Waals surface area contributed by atoms with Crippen molar-refractivity contribution in [1.82, 2.24) is 0 Å². The molecule has 0 fully saturated rings. The zero-order valence-corrected chi connectivity index (χ0v) is 14.6. The fraction of sp³-hybridized carbons (Fsp3) is 0.250. The summed E-state index contributed by atoms with van der Waals surface area (Å²) >= 11 is 0. The van der Waals surface area contributed by atoms with Crippen molar-refractivity contribution in [2.75, 3.05) is 0 Å². The van der Waals surface area contributed by atoms with Crippen molar-refractivity contribution in [3.63, 3.8) is 0 Å². The second kappa shape index (κ2) is 7.06. The summed E-state index contributed by atoms with van der Waals surface area (Å²) in [5.41, 5.74) is -0.524. The van der Waals surface area contributed by atoms with Crippen molar-refractivity contribution in [2.45, 2.75) is 29.3 Å². The molecule has 0 spiro atoms. The highest BCUT2D eigenvalue weighted by molar-refractivity contribution is 7.86. The smallest absolute Gasteiger partial charge is 0.294 e. The fourth-order valence-corrected chi connectivity index (χ4v) is 3.08. The Morgan fingerprint density at radius 1 is 0.931 bits per heavy atom. The molecule has 2 aromatic rings. The van der Waals surface area contributed by atoms with Crippen LogP contribution in [0.15, 0.2) is 41.3 Å². The summed E-state index contributed by atoms with van der Waals surface area (Å²) in [7, 11) is -4.66. The summed E-state index contributed by atoms with van der Waals surface area (Å²) in [5.74, 6) is -17.3. The van der Waals surface area contributed by atoms with E-state index in [9.17, 15) is 48.7 Å². The van der Waals surface area contributed by atoms with E-state index in [4.69, 9.17) is 4.55 Å². The van der Waals surface area contributed by atoms with Gasteiger partial charge in [-0.05, 0) is 17.5 Å². The molecule has 0 saturated carbocycles. The number of alkyl halides is 7. The SMILES string of the molecule is O=C(CC(=O)C(F)(F)C(F)(F)C(F)(F)F)c1ccc2c(S(=O)(=O)O)cccc2c1. The van der Waals surface area contributed by atoms with Crippen molar-refractivity contribution in [1.29, 1.82) is 0 Å². The van der Waals surface area contributed by atoms with Gasteiger partial charge in [-0.25, -0.2) is 0 Å². The monoisotopic (exact) mass is 446 g/mol. The summed E-state index contributed by atoms with van der Waals surface area (Å²) in [6, 6.07) is 6.13. The molecule has 0 saturated heterocycles. The first-order valence-electron chi connectivity index (χ1n) is 7.39. The zero-order chi connectivity index (χ0) is 22.4. The maximum atomic E-state index is 13.3. The van der Waals surface area contributed by atoms with E-state index < -0.39 is 56.6 Å². The molecular weight excluding hydrogens is 437 g/mol. The summed E-state index contributed by atoms with van der Waals surface area (Å²) in [5, 5.41) is -0.0994. The predicted molar refractivity (Wildman–Crippen MR) is 83.7 cm³/mol. The lowest BCUT2D eigenvalue weighted by atomic mass is 9.97. The van der Waals surface area contributed by atoms with Gasteiger partial charge < -0.3 is 0 Å². The standard InChI is InChI=1S/C16H9F7O5S/c17-14(18,15(19,20)16(21,22)23)13(25)7-11(24)9-4-5-10-8(6-9)2-1-3-12(10)29(26,27)28/h1-6H,7H2,(H,26,27,28). The maximum absolute atomic E-state index is 13.3. The number of Topliss-reactive ketones (excluding diaryl/α,β-unsaturated/α-hetero) is 2. The summed E-state index contributed by atoms with van der Waals surface area (Å²) in [6.45, 7) is 0. The lowest BCUT2D eigenvalue weighted by molar-refractivity contribution is -0.343. The largest absolute Gasteiger partial charge is 0.460 e. The Morgan fingerprint density at radius 2 is 1.52 bits per heavy atom. The molecule has 0 amide bonds. The van der Waals surface area contributed by atoms with Crippen molar-refractivity contribution in [3.8, 4) is 0 Å². The van der Waals surface area contributed by atoms with Gasteiger partial charge in [-0.2, -0.15) is 39.2 Å². The third kappa shape index (κ3) is 4.10. The quantitative estimate of drug-likeness (QED) is 0.313. The molecule has 1 N–H and O–H groups in total. The van der Waals surface area contributed by atoms with Crippen LogP contribution < -0.4 is 0 Å². The molecule has 2 rings (SSSR count). The Balaban J connectivity index is 2.36. The number of carbonyl (C=O) groups excluding carboxylic acids is 2. The highest BCUT2D eigenvalue weighted by Crippen LogP contribution is 2.47. The van der Waals surface area contributed by atoms with Gasteiger partial charge in [-0.15, -0.1) is 0 Å². The van der Waals surface area contributed by atoms with Crippen LogP contribution in [-0.4, -0.2) is 42.6 Å². The third-order valence-corrected chi connectivity index (χ3v) is 4.77. The van der Waals surface area contributed by atoms with Crippen LogP contribution in [0.1, 0.15) is 16.8 Å². The van der Waals surface area contributed by atoms with E-state index in [1.54, 1.807) is 0 Å². The first kappa shape index (κ1) is 22.7. The minimum Gasteiger partial charge on any atom is -0.294 e. The topological polar surface area (TPSA) is 88.5 Å². The number of fused-ring (bicyclic) bond motifs is 1. The van der Waals surface area contributed by atoms with E-state index in [1.807, 2.05) is 0 Å². The molecule has 5 nitrogen and oxygen atoms in total. The lowest BCUT2D eigenvalue weighted by Gasteiger charge is -2.26. The second-order valence-corrected chi connectivity index (χ2v) is 7.23. The van der Waals surface area contributed by atoms with Gasteiger partial charge in [0.25, 0.3) is 10.1 Å². The van der Waals surface area contributed by atoms with Crippen LogP contribution in [0.5, 0.6) is 0 Å². The molecular formula is C16H9F7O5S. The molecule has 29 heavy (non-hydrogen) atoms. The molecule has 0 aliphatic rings. The maximum Gasteiger partial charge on any atom is 0.460 e. The van der Waals surface area contributed by atoms with Gasteiger partial charge in [-0.3, -0.25) is 14.1 Å². The molecule has 0 aromatic heterocycles.